The van der Waals surface area contributed by atoms with Crippen LogP contribution in [0.25, 0.3) is 0 Å². The van der Waals surface area contributed by atoms with Gasteiger partial charge in [0.05, 0.1) is 23.1 Å². The van der Waals surface area contributed by atoms with Crippen LogP contribution in [0, 0.1) is 47.9 Å². The Labute approximate surface area is 716 Å². The van der Waals surface area contributed by atoms with Crippen LogP contribution in [0.1, 0.15) is 142 Å². The quantitative estimate of drug-likeness (QED) is 0.0238. The van der Waals surface area contributed by atoms with E-state index in [4.69, 9.17) is 32.2 Å². The number of nitrogens with zero attached hydrogens (tertiary/aromatic N) is 11. The first-order valence-electron chi connectivity index (χ1n) is 37.6. The third-order valence-electron chi connectivity index (χ3n) is 16.6. The Morgan fingerprint density at radius 1 is 0.370 bits per heavy atom. The lowest BCUT2D eigenvalue weighted by Gasteiger charge is -2.21. The number of nitro groups is 2. The fourth-order valence-electron chi connectivity index (χ4n) is 10.6. The number of benzene rings is 8. The third kappa shape index (κ3) is 46.2. The van der Waals surface area contributed by atoms with Crippen molar-refractivity contribution in [2.75, 3.05) is 193 Å². The van der Waals surface area contributed by atoms with Crippen LogP contribution >= 0.6 is 0 Å². The minimum Gasteiger partial charge on any atom is -0.481 e. The van der Waals surface area contributed by atoms with Crippen LogP contribution in [0.15, 0.2) is 146 Å². The van der Waals surface area contributed by atoms with Crippen LogP contribution in [0.4, 0.5) is 85.3 Å². The summed E-state index contributed by atoms with van der Waals surface area (Å²) < 4.78 is 0. The molecule has 0 spiro atoms. The average molecular weight is 1660 g/mol. The highest BCUT2D eigenvalue weighted by Gasteiger charge is 2.14. The molecule has 0 bridgehead atoms. The van der Waals surface area contributed by atoms with E-state index in [1.807, 2.05) is 247 Å². The van der Waals surface area contributed by atoms with E-state index in [1.54, 1.807) is 61.2 Å². The van der Waals surface area contributed by atoms with E-state index in [0.29, 0.717) is 5.69 Å². The van der Waals surface area contributed by atoms with Crippen molar-refractivity contribution in [3.63, 3.8) is 0 Å². The lowest BCUT2D eigenvalue weighted by molar-refractivity contribution is -0.385. The number of carboxylic acid groups (broad SMARTS) is 1. The molecule has 0 saturated carbocycles. The Hall–Kier alpha value is -11.7. The van der Waals surface area contributed by atoms with Crippen molar-refractivity contribution in [3.8, 4) is 0 Å². The molecule has 0 aliphatic heterocycles. The van der Waals surface area contributed by atoms with E-state index in [9.17, 15) is 39.7 Å². The predicted octanol–water partition coefficient (Wildman–Crippen LogP) is 17.8. The van der Waals surface area contributed by atoms with Gasteiger partial charge < -0.3 is 87.3 Å². The summed E-state index contributed by atoms with van der Waals surface area (Å²) in [6.07, 6.45) is 2.95. The number of amides is 3. The zero-order valence-corrected chi connectivity index (χ0v) is 74.7. The number of aliphatic hydroxyl groups excluding tert-OH is 2. The smallest absolute Gasteiger partial charge is 0.300 e. The number of carbonyl (C=O) groups is 4. The van der Waals surface area contributed by atoms with Crippen LogP contribution in [0.3, 0.4) is 0 Å². The highest BCUT2D eigenvalue weighted by Crippen LogP contribution is 2.29. The largest absolute Gasteiger partial charge is 0.481 e. The number of carboxylic acids is 1. The second kappa shape index (κ2) is 63.5. The number of nitrogens with two attached hydrogens (primary N) is 3. The molecule has 0 saturated heterocycles. The zero-order chi connectivity index (χ0) is 89.4. The van der Waals surface area contributed by atoms with Crippen LogP contribution in [-0.4, -0.2) is 176 Å². The van der Waals surface area contributed by atoms with Crippen LogP contribution in [0.2, 0.25) is 0 Å². The van der Waals surface area contributed by atoms with Crippen LogP contribution < -0.4 is 71.9 Å². The van der Waals surface area contributed by atoms with Gasteiger partial charge in [-0.15, -0.1) is 0 Å². The number of hydrogen-bond donors (Lipinski definition) is 8. The Balaban J connectivity index is -0.000000237. The fraction of sp³-hybridized carbons (Fsp3) is 0.435. The molecule has 0 atom stereocenters. The summed E-state index contributed by atoms with van der Waals surface area (Å²) in [5.74, 6) is -0.837. The third-order valence-corrected chi connectivity index (χ3v) is 16.6. The summed E-state index contributed by atoms with van der Waals surface area (Å²) in [6.45, 7) is 23.8. The van der Waals surface area contributed by atoms with E-state index in [-0.39, 0.29) is 81.9 Å². The highest BCUT2D eigenvalue weighted by atomic mass is 16.6. The number of aliphatic carboxylic acids is 1. The maximum atomic E-state index is 11.3. The molecular formula is C92H154N16O11. The van der Waals surface area contributed by atoms with E-state index < -0.39 is 5.97 Å². The molecule has 668 valence electrons. The number of nitrogen functional groups attached to an aromatic ring is 3. The Kier molecular flexibility index (Phi) is 64.3. The second-order valence-electron chi connectivity index (χ2n) is 27.5. The number of hydrogen-bond acceptors (Lipinski definition) is 21. The minimum atomic E-state index is -0.833. The normalized spacial score (nSPS) is 9.22. The van der Waals surface area contributed by atoms with Gasteiger partial charge in [-0.1, -0.05) is 70.4 Å². The standard InChI is InChI=1S/C13H20N2O.C12H18N2O2.C12H18N2O.C10H16N2.C9H12N2O2.C9H14N2O.C9H14N2.C8H9NO2.C2H7N.C2H4O2.C2H6.4CH4/c1-6-11-9-12(15(5)10(2)16)7-8-13(11)14(3)4;1-9(16)14(4)11-5-6-12(13(2)3)10(7-11)8-15;1-5-10-8-11(13-9(2)15)6-7-12(10)14(3)4;1-4-8-7-9(11)5-6-10(8)12(2)3;1-7-6-8(11(12)13)4-5-9(7)10(2)3;1-11(2)9-4-3-8(10)5-7(9)6-12;1-7-6-8(10)4-5-9(7)11(2)3;1-6-3-4-8(9(10)11)5-7(6)2;1-3-2;1-2(3)4;1-2;;;;/h7-9H,6H2,1-5H3;5-7,15H,8H2,1-4H3;6-8H,5H2,1-4H3,(H,13,15);5-7H,4,11H2,1-3H3;4-6H,1-3H3;3-5,12H,6,10H2,1-2H3;4-6H,10H2,1-3H3;3-5H,1-2H3;3H,1-2H3;1H3,(H,3,4);1-2H3;4*1H4. The van der Waals surface area contributed by atoms with Gasteiger partial charge in [0.1, 0.15) is 0 Å². The molecule has 0 aromatic heterocycles. The molecule has 0 unspecified atom stereocenters. The van der Waals surface area contributed by atoms with Crippen molar-refractivity contribution in [2.24, 2.45) is 0 Å². The van der Waals surface area contributed by atoms with E-state index >= 15 is 0 Å². The Bertz CT molecular complexity index is 4120. The summed E-state index contributed by atoms with van der Waals surface area (Å²) >= 11 is 0. The van der Waals surface area contributed by atoms with Gasteiger partial charge in [0, 0.05) is 250 Å². The molecular weight excluding hydrogens is 1510 g/mol. The maximum Gasteiger partial charge on any atom is 0.300 e. The summed E-state index contributed by atoms with van der Waals surface area (Å²) in [7, 11) is 35.0. The van der Waals surface area contributed by atoms with Gasteiger partial charge in [0.15, 0.2) is 0 Å². The summed E-state index contributed by atoms with van der Waals surface area (Å²) in [4.78, 5) is 79.7. The molecule has 0 heterocycles. The first kappa shape index (κ1) is 121. The number of nitro benzene ring substituents is 2. The van der Waals surface area contributed by atoms with E-state index in [0.717, 1.165) is 99.5 Å². The molecule has 27 nitrogen and oxygen atoms in total. The van der Waals surface area contributed by atoms with E-state index in [1.165, 1.54) is 71.0 Å². The zero-order valence-electron chi connectivity index (χ0n) is 74.7. The Morgan fingerprint density at radius 3 is 0.916 bits per heavy atom. The summed E-state index contributed by atoms with van der Waals surface area (Å²) in [5, 5.41) is 51.9. The average Bonchev–Trinajstić information content (AvgIpc) is 0.832. The molecule has 0 aliphatic rings. The molecule has 0 aliphatic carbocycles. The van der Waals surface area contributed by atoms with Gasteiger partial charge >= 0.3 is 0 Å². The maximum absolute atomic E-state index is 11.3. The fourth-order valence-corrected chi connectivity index (χ4v) is 10.6. The van der Waals surface area contributed by atoms with Crippen molar-refractivity contribution in [2.45, 2.75) is 152 Å². The molecule has 0 radical (unpaired) electrons. The minimum absolute atomic E-state index is 0. The van der Waals surface area contributed by atoms with Crippen molar-refractivity contribution < 1.29 is 44.3 Å². The molecule has 27 heteroatoms. The lowest BCUT2D eigenvalue weighted by Crippen LogP contribution is -2.23. The molecule has 8 rings (SSSR count). The Morgan fingerprint density at radius 2 is 0.622 bits per heavy atom. The van der Waals surface area contributed by atoms with Crippen molar-refractivity contribution in [3.05, 3.63) is 216 Å². The van der Waals surface area contributed by atoms with Crippen LogP contribution in [-0.2, 0) is 51.7 Å². The first-order chi connectivity index (χ1) is 53.7. The molecule has 0 fully saturated rings. The van der Waals surface area contributed by atoms with Crippen molar-refractivity contribution >= 4 is 109 Å². The topological polar surface area (TPSA) is 347 Å². The summed E-state index contributed by atoms with van der Waals surface area (Å²) in [6, 6.07) is 44.9. The number of anilines is 13. The van der Waals surface area contributed by atoms with Gasteiger partial charge in [-0.05, 0) is 215 Å². The second-order valence-corrected chi connectivity index (χ2v) is 27.5. The van der Waals surface area contributed by atoms with E-state index in [2.05, 4.69) is 76.1 Å². The predicted molar refractivity (Wildman–Crippen MR) is 516 cm³/mol. The van der Waals surface area contributed by atoms with Crippen molar-refractivity contribution in [1.29, 1.82) is 0 Å². The highest BCUT2D eigenvalue weighted by molar-refractivity contribution is 5.92. The molecule has 8 aromatic rings. The molecule has 3 amide bonds. The number of aryl methyl sites for hydroxylation is 7. The number of carbonyl (C=O) groups excluding carboxylic acids is 3. The molecule has 8 aromatic carbocycles. The number of non-ortho nitro benzene ring substituents is 2. The van der Waals surface area contributed by atoms with Gasteiger partial charge in [-0.25, -0.2) is 0 Å². The van der Waals surface area contributed by atoms with Crippen molar-refractivity contribution in [1.82, 2.24) is 5.32 Å². The summed E-state index contributed by atoms with van der Waals surface area (Å²) in [5.41, 5.74) is 39.7. The monoisotopic (exact) mass is 1660 g/mol. The lowest BCUT2D eigenvalue weighted by atomic mass is 10.1. The SMILES string of the molecule is C.C.C.C.CC.CC(=O)N(C)c1ccc(N(C)C)c(CO)c1.CC(=O)O.CCc1cc(N(C)C(C)=O)ccc1N(C)C.CCc1cc(N)ccc1N(C)C.CCc1cc(NC(C)=O)ccc1N(C)C.CN(C)c1ccc(N)cc1CO.CNC.Cc1cc(N)ccc1N(C)C.Cc1cc([N+](=O)[O-])ccc1N(C)C.Cc1ccc([N+](=O)[O-])cc1C. The van der Waals surface area contributed by atoms with Crippen LogP contribution in [0.5, 0.6) is 0 Å². The number of aliphatic hydroxyl groups is 2. The number of nitrogens with one attached hydrogen (secondary N) is 2. The van der Waals surface area contributed by atoms with Gasteiger partial charge in [0.2, 0.25) is 17.7 Å². The van der Waals surface area contributed by atoms with Gasteiger partial charge in [-0.2, -0.15) is 0 Å². The molecule has 119 heavy (non-hydrogen) atoms. The molecule has 11 N–H and O–H groups in total. The van der Waals surface area contributed by atoms with Gasteiger partial charge in [-0.3, -0.25) is 39.4 Å². The van der Waals surface area contributed by atoms with Gasteiger partial charge in [0.25, 0.3) is 17.3 Å². The number of rotatable bonds is 17. The first-order valence-corrected chi connectivity index (χ1v) is 37.6.